The molecule has 0 unspecified atom stereocenters. The summed E-state index contributed by atoms with van der Waals surface area (Å²) in [6, 6.07) is 5.83. The lowest BCUT2D eigenvalue weighted by atomic mass is 10.1. The minimum atomic E-state index is -1.30. The first-order chi connectivity index (χ1) is 17.0. The molecule has 2 N–H and O–H groups in total. The number of thiophene rings is 1. The molecular formula is C24H27FN4O6S. The van der Waals surface area contributed by atoms with Gasteiger partial charge in [0, 0.05) is 30.6 Å². The van der Waals surface area contributed by atoms with Crippen LogP contribution in [0, 0.1) is 12.7 Å². The third kappa shape index (κ3) is 5.71. The Kier molecular flexibility index (Phi) is 8.43. The van der Waals surface area contributed by atoms with Crippen molar-refractivity contribution >= 4 is 27.5 Å². The number of hydrogen-bond donors (Lipinski definition) is 2. The number of methoxy groups -OCH3 is 1. The van der Waals surface area contributed by atoms with Gasteiger partial charge in [0.1, 0.15) is 27.9 Å². The van der Waals surface area contributed by atoms with Crippen molar-refractivity contribution in [2.24, 2.45) is 0 Å². The van der Waals surface area contributed by atoms with Gasteiger partial charge < -0.3 is 14.9 Å². The highest BCUT2D eigenvalue weighted by Gasteiger charge is 2.22. The molecule has 0 spiro atoms. The van der Waals surface area contributed by atoms with Crippen molar-refractivity contribution in [1.82, 2.24) is 18.9 Å². The van der Waals surface area contributed by atoms with Crippen LogP contribution in [0.15, 0.2) is 46.2 Å². The van der Waals surface area contributed by atoms with Crippen LogP contribution in [-0.2, 0) is 24.3 Å². The molecule has 0 atom stereocenters. The van der Waals surface area contributed by atoms with Crippen LogP contribution in [0.2, 0.25) is 0 Å². The summed E-state index contributed by atoms with van der Waals surface area (Å²) in [5.41, 5.74) is -0.272. The van der Waals surface area contributed by atoms with Crippen molar-refractivity contribution in [3.05, 3.63) is 74.4 Å². The highest BCUT2D eigenvalue weighted by atomic mass is 32.1. The summed E-state index contributed by atoms with van der Waals surface area (Å²) in [5.74, 6) is -1.28. The number of halogens is 1. The number of aryl methyl sites for hydroxylation is 3. The zero-order valence-corrected chi connectivity index (χ0v) is 21.1. The minimum Gasteiger partial charge on any atom is -0.496 e. The van der Waals surface area contributed by atoms with E-state index in [1.807, 2.05) is 0 Å². The van der Waals surface area contributed by atoms with Crippen LogP contribution in [0.1, 0.15) is 25.0 Å². The number of aliphatic hydroxyl groups excluding tert-OH is 1. The molecule has 12 heteroatoms. The zero-order valence-electron chi connectivity index (χ0n) is 20.3. The predicted octanol–water partition coefficient (Wildman–Crippen LogP) is 2.58. The van der Waals surface area contributed by atoms with Crippen LogP contribution in [0.3, 0.4) is 0 Å². The topological polar surface area (TPSA) is 129 Å². The first-order valence-corrected chi connectivity index (χ1v) is 11.9. The number of nitrogens with zero attached hydrogens (tertiary/aromatic N) is 4. The van der Waals surface area contributed by atoms with Crippen molar-refractivity contribution in [3.63, 3.8) is 0 Å². The molecule has 3 heterocycles. The van der Waals surface area contributed by atoms with Crippen LogP contribution in [-0.4, -0.2) is 48.3 Å². The van der Waals surface area contributed by atoms with E-state index in [4.69, 9.17) is 9.84 Å². The second-order valence-electron chi connectivity index (χ2n) is 8.18. The van der Waals surface area contributed by atoms with Gasteiger partial charge in [-0.25, -0.2) is 18.4 Å². The minimum absolute atomic E-state index is 0.0908. The highest BCUT2D eigenvalue weighted by Crippen LogP contribution is 2.31. The number of ether oxygens (including phenoxy) is 1. The maximum Gasteiger partial charge on any atom is 0.332 e. The third-order valence-electron chi connectivity index (χ3n) is 5.12. The Bertz CT molecular complexity index is 1480. The number of aromatic nitrogens is 4. The monoisotopic (exact) mass is 518 g/mol. The molecule has 10 nitrogen and oxygen atoms in total. The van der Waals surface area contributed by atoms with Crippen molar-refractivity contribution in [2.45, 2.75) is 46.4 Å². The number of hydrogen-bond acceptors (Lipinski definition) is 7. The largest absolute Gasteiger partial charge is 0.496 e. The second kappa shape index (κ2) is 11.3. The van der Waals surface area contributed by atoms with E-state index in [1.165, 1.54) is 41.2 Å². The summed E-state index contributed by atoms with van der Waals surface area (Å²) in [7, 11) is 1.47. The third-order valence-corrected chi connectivity index (χ3v) is 6.43. The number of aliphatic hydroxyl groups is 1. The van der Waals surface area contributed by atoms with Crippen LogP contribution >= 0.6 is 11.3 Å². The zero-order chi connectivity index (χ0) is 26.6. The van der Waals surface area contributed by atoms with E-state index < -0.39 is 29.6 Å². The second-order valence-corrected chi connectivity index (χ2v) is 9.16. The molecule has 4 aromatic rings. The van der Waals surface area contributed by atoms with Crippen LogP contribution in [0.5, 0.6) is 5.75 Å². The maximum absolute atomic E-state index is 13.8. The highest BCUT2D eigenvalue weighted by molar-refractivity contribution is 7.21. The van der Waals surface area contributed by atoms with Gasteiger partial charge in [0.25, 0.3) is 5.56 Å². The molecule has 4 rings (SSSR count). The molecule has 0 saturated heterocycles. The Labute approximate surface area is 209 Å². The van der Waals surface area contributed by atoms with E-state index in [1.54, 1.807) is 43.9 Å². The molecule has 0 radical (unpaired) electrons. The van der Waals surface area contributed by atoms with E-state index in [0.717, 1.165) is 0 Å². The summed E-state index contributed by atoms with van der Waals surface area (Å²) in [6.45, 7) is 4.50. The number of rotatable bonds is 7. The van der Waals surface area contributed by atoms with Crippen molar-refractivity contribution in [1.29, 1.82) is 0 Å². The molecule has 36 heavy (non-hydrogen) atoms. The smallest absolute Gasteiger partial charge is 0.332 e. The SMILES string of the molecule is CC(C)O.COc1ccc(F)cc1CCn1c(=O)n(CC(=O)O)c(=O)c2c(C)c(-n3cccn3)sc21. The molecule has 3 aromatic heterocycles. The van der Waals surface area contributed by atoms with Gasteiger partial charge in [-0.15, -0.1) is 0 Å². The number of benzene rings is 1. The molecule has 0 amide bonds. The van der Waals surface area contributed by atoms with Gasteiger partial charge in [0.2, 0.25) is 0 Å². The molecule has 0 bridgehead atoms. The lowest BCUT2D eigenvalue weighted by molar-refractivity contribution is -0.137. The quantitative estimate of drug-likeness (QED) is 0.385. The van der Waals surface area contributed by atoms with Gasteiger partial charge in [-0.1, -0.05) is 11.3 Å². The van der Waals surface area contributed by atoms with Gasteiger partial charge in [0.15, 0.2) is 0 Å². The molecule has 192 valence electrons. The average molecular weight is 519 g/mol. The van der Waals surface area contributed by atoms with Gasteiger partial charge in [-0.2, -0.15) is 5.10 Å². The van der Waals surface area contributed by atoms with Crippen molar-refractivity contribution < 1.29 is 24.1 Å². The Morgan fingerprint density at radius 1 is 1.25 bits per heavy atom. The van der Waals surface area contributed by atoms with Crippen molar-refractivity contribution in [2.75, 3.05) is 7.11 Å². The lowest BCUT2D eigenvalue weighted by Gasteiger charge is -2.13. The first kappa shape index (κ1) is 26.8. The average Bonchev–Trinajstić information content (AvgIpc) is 3.44. The molecular weight excluding hydrogens is 491 g/mol. The van der Waals surface area contributed by atoms with E-state index in [2.05, 4.69) is 5.10 Å². The molecule has 0 fully saturated rings. The van der Waals surface area contributed by atoms with E-state index >= 15 is 0 Å². The molecule has 0 aliphatic carbocycles. The van der Waals surface area contributed by atoms with Crippen molar-refractivity contribution in [3.8, 4) is 10.8 Å². The summed E-state index contributed by atoms with van der Waals surface area (Å²) in [6.07, 6.45) is 3.37. The summed E-state index contributed by atoms with van der Waals surface area (Å²) in [4.78, 5) is 37.9. The Balaban J connectivity index is 0.000000840. The van der Waals surface area contributed by atoms with Gasteiger partial charge in [-0.3, -0.25) is 14.2 Å². The number of carbonyl (C=O) groups is 1. The summed E-state index contributed by atoms with van der Waals surface area (Å²) in [5, 5.41) is 22.4. The van der Waals surface area contributed by atoms with Gasteiger partial charge >= 0.3 is 11.7 Å². The van der Waals surface area contributed by atoms with Crippen LogP contribution in [0.25, 0.3) is 15.2 Å². The Morgan fingerprint density at radius 3 is 2.53 bits per heavy atom. The first-order valence-electron chi connectivity index (χ1n) is 11.0. The maximum atomic E-state index is 13.8. The van der Waals surface area contributed by atoms with E-state index in [-0.39, 0.29) is 24.5 Å². The number of carboxylic acid groups (broad SMARTS) is 1. The molecule has 0 aliphatic rings. The number of carboxylic acids is 1. The van der Waals surface area contributed by atoms with Gasteiger partial charge in [0.05, 0.1) is 12.5 Å². The van der Waals surface area contributed by atoms with Crippen LogP contribution < -0.4 is 16.0 Å². The fourth-order valence-corrected chi connectivity index (χ4v) is 4.90. The fourth-order valence-electron chi connectivity index (χ4n) is 3.64. The Hall–Kier alpha value is -3.77. The van der Waals surface area contributed by atoms with Crippen LogP contribution in [0.4, 0.5) is 4.39 Å². The summed E-state index contributed by atoms with van der Waals surface area (Å²) < 4.78 is 22.7. The normalized spacial score (nSPS) is 11.0. The van der Waals surface area contributed by atoms with E-state index in [9.17, 15) is 23.9 Å². The molecule has 0 saturated carbocycles. The predicted molar refractivity (Wildman–Crippen MR) is 134 cm³/mol. The van der Waals surface area contributed by atoms with E-state index in [0.29, 0.717) is 31.3 Å². The van der Waals surface area contributed by atoms with Gasteiger partial charge in [-0.05, 0) is 57.0 Å². The number of fused-ring (bicyclic) bond motifs is 1. The fraction of sp³-hybridized carbons (Fsp3) is 0.333. The summed E-state index contributed by atoms with van der Waals surface area (Å²) >= 11 is 1.21. The number of aliphatic carboxylic acids is 1. The standard InChI is InChI=1S/C21H19FN4O5S.C3H8O/c1-12-17-18(29)25(11-16(27)28)21(30)24(20(17)32-19(12)26-8-3-7-23-26)9-6-13-10-14(22)4-5-15(13)31-2;1-3(2)4/h3-5,7-8,10H,6,9,11H2,1-2H3,(H,27,28);3-4H,1-2H3. The Morgan fingerprint density at radius 2 is 1.94 bits per heavy atom. The lowest BCUT2D eigenvalue weighted by Crippen LogP contribution is -2.41. The molecule has 1 aromatic carbocycles. The molecule has 0 aliphatic heterocycles.